The Bertz CT molecular complexity index is 645. The number of ketones is 1. The Morgan fingerprint density at radius 1 is 1.33 bits per heavy atom. The fourth-order valence-corrected chi connectivity index (χ4v) is 3.35. The number of phenolic OH excluding ortho intramolecular Hbond substituents is 1. The first-order valence-electron chi connectivity index (χ1n) is 8.00. The van der Waals surface area contributed by atoms with E-state index in [-0.39, 0.29) is 34.8 Å². The predicted octanol–water partition coefficient (Wildman–Crippen LogP) is 4.02. The lowest BCUT2D eigenvalue weighted by atomic mass is 9.92. The highest BCUT2D eigenvalue weighted by Crippen LogP contribution is 2.30. The van der Waals surface area contributed by atoms with Crippen LogP contribution in [-0.2, 0) is 16.0 Å². The molecule has 0 saturated carbocycles. The largest absolute Gasteiger partial charge is 0.508 e. The molecule has 1 N–H and O–H groups in total. The topological polar surface area (TPSA) is 57.6 Å². The van der Waals surface area contributed by atoms with Gasteiger partial charge in [-0.05, 0) is 42.9 Å². The number of carbonyl (C=O) groups is 2. The van der Waals surface area contributed by atoms with Crippen LogP contribution in [0, 0.1) is 5.92 Å². The van der Waals surface area contributed by atoms with Crippen LogP contribution in [0.15, 0.2) is 24.8 Å². The number of hydrogen-bond acceptors (Lipinski definition) is 3. The number of rotatable bonds is 6. The predicted molar refractivity (Wildman–Crippen MR) is 95.6 cm³/mol. The van der Waals surface area contributed by atoms with Crippen molar-refractivity contribution in [2.45, 2.75) is 32.1 Å². The number of likely N-dealkylation sites (tertiary alicyclic amines) is 1. The van der Waals surface area contributed by atoms with Crippen LogP contribution >= 0.6 is 23.2 Å². The van der Waals surface area contributed by atoms with Gasteiger partial charge >= 0.3 is 0 Å². The summed E-state index contributed by atoms with van der Waals surface area (Å²) in [6.45, 7) is 4.81. The Kier molecular flexibility index (Phi) is 6.69. The van der Waals surface area contributed by atoms with Crippen molar-refractivity contribution >= 4 is 34.9 Å². The summed E-state index contributed by atoms with van der Waals surface area (Å²) in [7, 11) is 0. The lowest BCUT2D eigenvalue weighted by Gasteiger charge is -2.32. The van der Waals surface area contributed by atoms with Crippen molar-refractivity contribution in [3.8, 4) is 5.75 Å². The van der Waals surface area contributed by atoms with E-state index in [0.29, 0.717) is 36.5 Å². The molecule has 0 aromatic heterocycles. The molecule has 1 aliphatic rings. The molecule has 0 aliphatic carbocycles. The van der Waals surface area contributed by atoms with E-state index in [2.05, 4.69) is 6.58 Å². The number of nitrogens with zero attached hydrogens (tertiary/aromatic N) is 1. The fourth-order valence-electron chi connectivity index (χ4n) is 3.00. The number of aromatic hydroxyl groups is 1. The Labute approximate surface area is 152 Å². The molecule has 1 fully saturated rings. The summed E-state index contributed by atoms with van der Waals surface area (Å²) < 4.78 is 0. The van der Waals surface area contributed by atoms with Crippen molar-refractivity contribution in [3.63, 3.8) is 0 Å². The molecule has 0 unspecified atom stereocenters. The minimum absolute atomic E-state index is 0.0232. The molecule has 0 radical (unpaired) electrons. The van der Waals surface area contributed by atoms with Crippen LogP contribution in [0.5, 0.6) is 5.75 Å². The molecule has 0 spiro atoms. The Balaban J connectivity index is 1.91. The second-order valence-corrected chi connectivity index (χ2v) is 6.93. The van der Waals surface area contributed by atoms with Gasteiger partial charge in [0.2, 0.25) is 5.91 Å². The number of allylic oxidation sites excluding steroid dienone is 1. The van der Waals surface area contributed by atoms with Crippen LogP contribution in [0.25, 0.3) is 0 Å². The third kappa shape index (κ3) is 4.99. The zero-order valence-corrected chi connectivity index (χ0v) is 14.9. The number of benzene rings is 1. The summed E-state index contributed by atoms with van der Waals surface area (Å²) in [5, 5.41) is 10.5. The Hall–Kier alpha value is -1.52. The van der Waals surface area contributed by atoms with Crippen molar-refractivity contribution in [3.05, 3.63) is 40.4 Å². The number of phenols is 1. The van der Waals surface area contributed by atoms with Crippen molar-refractivity contribution in [2.24, 2.45) is 5.92 Å². The van der Waals surface area contributed by atoms with Gasteiger partial charge in [0.25, 0.3) is 0 Å². The van der Waals surface area contributed by atoms with Gasteiger partial charge in [-0.3, -0.25) is 9.59 Å². The van der Waals surface area contributed by atoms with E-state index in [1.807, 2.05) is 0 Å². The molecule has 1 amide bonds. The van der Waals surface area contributed by atoms with Crippen LogP contribution in [0.4, 0.5) is 0 Å². The zero-order chi connectivity index (χ0) is 17.7. The number of halogens is 2. The highest BCUT2D eigenvalue weighted by Gasteiger charge is 2.24. The Morgan fingerprint density at radius 3 is 2.75 bits per heavy atom. The third-order valence-corrected chi connectivity index (χ3v) is 5.04. The normalized spacial score (nSPS) is 17.6. The minimum atomic E-state index is 0.0232. The first kappa shape index (κ1) is 18.8. The maximum absolute atomic E-state index is 12.4. The number of carbonyl (C=O) groups excluding carboxylic acids is 2. The number of aryl methyl sites for hydroxylation is 1. The highest BCUT2D eigenvalue weighted by molar-refractivity contribution is 6.42. The average molecular weight is 370 g/mol. The van der Waals surface area contributed by atoms with Gasteiger partial charge in [0.15, 0.2) is 5.78 Å². The van der Waals surface area contributed by atoms with E-state index >= 15 is 0 Å². The molecule has 1 aliphatic heterocycles. The maximum Gasteiger partial charge on any atom is 0.222 e. The van der Waals surface area contributed by atoms with Gasteiger partial charge in [0, 0.05) is 32.0 Å². The minimum Gasteiger partial charge on any atom is -0.508 e. The van der Waals surface area contributed by atoms with Gasteiger partial charge in [-0.1, -0.05) is 29.8 Å². The zero-order valence-electron chi connectivity index (χ0n) is 13.4. The molecule has 2 rings (SSSR count). The van der Waals surface area contributed by atoms with Crippen molar-refractivity contribution < 1.29 is 14.7 Å². The van der Waals surface area contributed by atoms with Crippen LogP contribution in [0.3, 0.4) is 0 Å². The Morgan fingerprint density at radius 2 is 2.04 bits per heavy atom. The average Bonchev–Trinajstić information content (AvgIpc) is 2.56. The third-order valence-electron chi connectivity index (χ3n) is 4.32. The standard InChI is InChI=1S/C18H21Cl2NO3/c1-2-14(22)8-12-4-3-7-21(11-12)18(24)6-5-13-9-15(19)16(20)10-17(13)23/h2,9-10,12,23H,1,3-8,11H2/t12-/m1/s1. The van der Waals surface area contributed by atoms with Crippen LogP contribution in [-0.4, -0.2) is 34.8 Å². The molecule has 1 aromatic carbocycles. The first-order valence-corrected chi connectivity index (χ1v) is 8.76. The molecule has 130 valence electrons. The SMILES string of the molecule is C=CC(=O)C[C@H]1CCCN(C(=O)CCc2cc(Cl)c(Cl)cc2O)C1. The summed E-state index contributed by atoms with van der Waals surface area (Å²) in [6.07, 6.45) is 4.33. The van der Waals surface area contributed by atoms with Crippen molar-refractivity contribution in [1.82, 2.24) is 4.90 Å². The maximum atomic E-state index is 12.4. The van der Waals surface area contributed by atoms with Crippen LogP contribution in [0.2, 0.25) is 10.0 Å². The van der Waals surface area contributed by atoms with E-state index < -0.39 is 0 Å². The van der Waals surface area contributed by atoms with Gasteiger partial charge < -0.3 is 10.0 Å². The summed E-state index contributed by atoms with van der Waals surface area (Å²) in [5.74, 6) is 0.295. The first-order chi connectivity index (χ1) is 11.4. The van der Waals surface area contributed by atoms with Gasteiger partial charge in [0.1, 0.15) is 5.75 Å². The molecule has 0 bridgehead atoms. The molecular weight excluding hydrogens is 349 g/mol. The van der Waals surface area contributed by atoms with Crippen LogP contribution in [0.1, 0.15) is 31.2 Å². The summed E-state index contributed by atoms with van der Waals surface area (Å²) in [6, 6.07) is 2.98. The number of hydrogen-bond donors (Lipinski definition) is 1. The fraction of sp³-hybridized carbons (Fsp3) is 0.444. The lowest BCUT2D eigenvalue weighted by Crippen LogP contribution is -2.40. The van der Waals surface area contributed by atoms with Gasteiger partial charge in [-0.2, -0.15) is 0 Å². The molecule has 1 aromatic rings. The molecule has 6 heteroatoms. The quantitative estimate of drug-likeness (QED) is 0.770. The molecular formula is C18H21Cl2NO3. The monoisotopic (exact) mass is 369 g/mol. The molecule has 1 saturated heterocycles. The highest BCUT2D eigenvalue weighted by atomic mass is 35.5. The summed E-state index contributed by atoms with van der Waals surface area (Å²) in [5.41, 5.74) is 0.605. The molecule has 24 heavy (non-hydrogen) atoms. The van der Waals surface area contributed by atoms with E-state index in [1.54, 1.807) is 11.0 Å². The van der Waals surface area contributed by atoms with Gasteiger partial charge in [0.05, 0.1) is 10.0 Å². The molecule has 1 heterocycles. The second kappa shape index (κ2) is 8.54. The summed E-state index contributed by atoms with van der Waals surface area (Å²) in [4.78, 5) is 25.7. The smallest absolute Gasteiger partial charge is 0.222 e. The molecule has 4 nitrogen and oxygen atoms in total. The second-order valence-electron chi connectivity index (χ2n) is 6.12. The molecule has 1 atom stereocenters. The van der Waals surface area contributed by atoms with E-state index in [4.69, 9.17) is 23.2 Å². The van der Waals surface area contributed by atoms with Crippen molar-refractivity contribution in [1.29, 1.82) is 0 Å². The lowest BCUT2D eigenvalue weighted by molar-refractivity contribution is -0.133. The van der Waals surface area contributed by atoms with Crippen molar-refractivity contribution in [2.75, 3.05) is 13.1 Å². The van der Waals surface area contributed by atoms with Gasteiger partial charge in [-0.15, -0.1) is 0 Å². The summed E-state index contributed by atoms with van der Waals surface area (Å²) >= 11 is 11.8. The van der Waals surface area contributed by atoms with E-state index in [9.17, 15) is 14.7 Å². The van der Waals surface area contributed by atoms with E-state index in [1.165, 1.54) is 12.1 Å². The number of amides is 1. The van der Waals surface area contributed by atoms with Gasteiger partial charge in [-0.25, -0.2) is 0 Å². The van der Waals surface area contributed by atoms with E-state index in [0.717, 1.165) is 12.8 Å². The van der Waals surface area contributed by atoms with Crippen LogP contribution < -0.4 is 0 Å². The number of piperidine rings is 1.